The molecule has 2 aromatic heterocycles. The van der Waals surface area contributed by atoms with Gasteiger partial charge in [-0.25, -0.2) is 0 Å². The molecule has 2 aromatic rings. The molecule has 0 spiro atoms. The Balaban J connectivity index is 1.78. The van der Waals surface area contributed by atoms with Crippen molar-refractivity contribution in [3.8, 4) is 0 Å². The minimum absolute atomic E-state index is 0.108. The lowest BCUT2D eigenvalue weighted by atomic mass is 10.1. The standard InChI is InChI=1S/C15H20N6O/c1-12-14(18-17-13-6-5-7-16-10-13)15(22)21(19-12)11-20-8-3-2-4-9-20/h5-7,10,19H,2-4,8-9,11H2,1H3/p+1. The van der Waals surface area contributed by atoms with E-state index in [0.717, 1.165) is 18.8 Å². The number of hydrogen-bond acceptors (Lipinski definition) is 4. The first-order valence-corrected chi connectivity index (χ1v) is 7.69. The Labute approximate surface area is 128 Å². The predicted octanol–water partition coefficient (Wildman–Crippen LogP) is 1.32. The summed E-state index contributed by atoms with van der Waals surface area (Å²) in [6.07, 6.45) is 7.05. The smallest absolute Gasteiger partial charge is 0.299 e. The second kappa shape index (κ2) is 6.65. The van der Waals surface area contributed by atoms with Crippen LogP contribution in [0.25, 0.3) is 0 Å². The maximum atomic E-state index is 12.4. The molecule has 0 atom stereocenters. The van der Waals surface area contributed by atoms with E-state index in [1.54, 1.807) is 29.2 Å². The van der Waals surface area contributed by atoms with Crippen LogP contribution in [0.15, 0.2) is 39.5 Å². The third-order valence-electron chi connectivity index (χ3n) is 3.96. The first-order chi connectivity index (χ1) is 10.7. The van der Waals surface area contributed by atoms with Crippen molar-refractivity contribution in [2.24, 2.45) is 10.2 Å². The molecule has 1 fully saturated rings. The monoisotopic (exact) mass is 301 g/mol. The normalized spacial score (nSPS) is 16.4. The van der Waals surface area contributed by atoms with Crippen LogP contribution >= 0.6 is 0 Å². The highest BCUT2D eigenvalue weighted by Gasteiger charge is 2.17. The van der Waals surface area contributed by atoms with E-state index in [1.807, 2.05) is 6.92 Å². The molecule has 7 nitrogen and oxygen atoms in total. The fourth-order valence-electron chi connectivity index (χ4n) is 2.78. The van der Waals surface area contributed by atoms with Crippen LogP contribution in [0.2, 0.25) is 0 Å². The Morgan fingerprint density at radius 1 is 1.32 bits per heavy atom. The Hall–Kier alpha value is -2.28. The van der Waals surface area contributed by atoms with Gasteiger partial charge in [0.2, 0.25) is 0 Å². The number of hydrogen-bond donors (Lipinski definition) is 2. The summed E-state index contributed by atoms with van der Waals surface area (Å²) in [4.78, 5) is 17.8. The maximum absolute atomic E-state index is 12.4. The van der Waals surface area contributed by atoms with E-state index < -0.39 is 0 Å². The molecule has 0 radical (unpaired) electrons. The Kier molecular flexibility index (Phi) is 4.43. The second-order valence-corrected chi connectivity index (χ2v) is 5.70. The molecule has 1 aliphatic rings. The Morgan fingerprint density at radius 3 is 2.86 bits per heavy atom. The van der Waals surface area contributed by atoms with Crippen molar-refractivity contribution in [3.05, 3.63) is 40.6 Å². The molecule has 2 N–H and O–H groups in total. The van der Waals surface area contributed by atoms with E-state index in [4.69, 9.17) is 0 Å². The molecule has 1 aliphatic heterocycles. The molecule has 0 aromatic carbocycles. The second-order valence-electron chi connectivity index (χ2n) is 5.70. The molecule has 22 heavy (non-hydrogen) atoms. The number of likely N-dealkylation sites (tertiary alicyclic amines) is 1. The number of pyridine rings is 1. The summed E-state index contributed by atoms with van der Waals surface area (Å²) in [5.74, 6) is 0. The number of piperidine rings is 1. The van der Waals surface area contributed by atoms with Gasteiger partial charge in [0.05, 0.1) is 25.0 Å². The number of aromatic amines is 1. The van der Waals surface area contributed by atoms with Crippen LogP contribution in [0.3, 0.4) is 0 Å². The number of azo groups is 1. The quantitative estimate of drug-likeness (QED) is 0.835. The van der Waals surface area contributed by atoms with Crippen LogP contribution in [-0.4, -0.2) is 27.9 Å². The highest BCUT2D eigenvalue weighted by Crippen LogP contribution is 2.16. The molecular formula is C15H21N6O+. The average Bonchev–Trinajstić information content (AvgIpc) is 2.81. The minimum atomic E-state index is -0.108. The van der Waals surface area contributed by atoms with Crippen molar-refractivity contribution in [2.75, 3.05) is 13.1 Å². The number of nitrogens with one attached hydrogen (secondary N) is 2. The van der Waals surface area contributed by atoms with Gasteiger partial charge in [-0.1, -0.05) is 0 Å². The van der Waals surface area contributed by atoms with Crippen LogP contribution in [-0.2, 0) is 6.67 Å². The number of nitrogens with zero attached hydrogens (tertiary/aromatic N) is 4. The number of quaternary nitrogens is 1. The third-order valence-corrected chi connectivity index (χ3v) is 3.96. The lowest BCUT2D eigenvalue weighted by Crippen LogP contribution is -3.12. The number of H-pyrrole nitrogens is 1. The summed E-state index contributed by atoms with van der Waals surface area (Å²) in [6, 6.07) is 3.59. The van der Waals surface area contributed by atoms with Gasteiger partial charge < -0.3 is 4.90 Å². The van der Waals surface area contributed by atoms with E-state index in [9.17, 15) is 4.79 Å². The van der Waals surface area contributed by atoms with Gasteiger partial charge >= 0.3 is 0 Å². The van der Waals surface area contributed by atoms with Crippen LogP contribution in [0, 0.1) is 6.92 Å². The van der Waals surface area contributed by atoms with Gasteiger partial charge in [-0.3, -0.25) is 14.9 Å². The van der Waals surface area contributed by atoms with Crippen molar-refractivity contribution in [1.29, 1.82) is 0 Å². The van der Waals surface area contributed by atoms with E-state index in [-0.39, 0.29) is 5.56 Å². The summed E-state index contributed by atoms with van der Waals surface area (Å²) in [7, 11) is 0. The molecular weight excluding hydrogens is 280 g/mol. The molecule has 0 bridgehead atoms. The topological polar surface area (TPSA) is 79.8 Å². The van der Waals surface area contributed by atoms with Gasteiger partial charge in [-0.15, -0.1) is 10.2 Å². The minimum Gasteiger partial charge on any atom is -0.316 e. The van der Waals surface area contributed by atoms with Gasteiger partial charge in [-0.2, -0.15) is 4.68 Å². The van der Waals surface area contributed by atoms with Gasteiger partial charge in [0, 0.05) is 6.20 Å². The largest absolute Gasteiger partial charge is 0.316 e. The summed E-state index contributed by atoms with van der Waals surface area (Å²) in [5.41, 5.74) is 1.65. The first-order valence-electron chi connectivity index (χ1n) is 7.69. The Morgan fingerprint density at radius 2 is 2.14 bits per heavy atom. The molecule has 1 saturated heterocycles. The van der Waals surface area contributed by atoms with Crippen LogP contribution in [0.1, 0.15) is 25.0 Å². The SMILES string of the molecule is Cc1[nH]n(C[NH+]2CCCCC2)c(=O)c1N=Nc1cccnc1. The lowest BCUT2D eigenvalue weighted by molar-refractivity contribution is -0.928. The molecule has 116 valence electrons. The summed E-state index contributed by atoms with van der Waals surface area (Å²) in [6.45, 7) is 4.76. The number of rotatable bonds is 4. The van der Waals surface area contributed by atoms with Gasteiger partial charge in [0.25, 0.3) is 5.56 Å². The van der Waals surface area contributed by atoms with Crippen molar-refractivity contribution in [1.82, 2.24) is 14.8 Å². The highest BCUT2D eigenvalue weighted by molar-refractivity contribution is 5.40. The molecule has 0 amide bonds. The van der Waals surface area contributed by atoms with Crippen LogP contribution < -0.4 is 10.5 Å². The zero-order chi connectivity index (χ0) is 15.4. The molecule has 0 saturated carbocycles. The summed E-state index contributed by atoms with van der Waals surface area (Å²) >= 11 is 0. The number of aryl methyl sites for hydroxylation is 1. The van der Waals surface area contributed by atoms with Gasteiger partial charge in [0.1, 0.15) is 5.69 Å². The van der Waals surface area contributed by atoms with Gasteiger partial charge in [-0.05, 0) is 38.3 Å². The maximum Gasteiger partial charge on any atom is 0.299 e. The summed E-state index contributed by atoms with van der Waals surface area (Å²) in [5, 5.41) is 11.3. The van der Waals surface area contributed by atoms with E-state index in [0.29, 0.717) is 18.0 Å². The van der Waals surface area contributed by atoms with E-state index in [2.05, 4.69) is 20.3 Å². The zero-order valence-corrected chi connectivity index (χ0v) is 12.7. The summed E-state index contributed by atoms with van der Waals surface area (Å²) < 4.78 is 1.65. The van der Waals surface area contributed by atoms with Crippen molar-refractivity contribution in [3.63, 3.8) is 0 Å². The molecule has 3 heterocycles. The van der Waals surface area contributed by atoms with E-state index in [1.165, 1.54) is 24.2 Å². The fourth-order valence-corrected chi connectivity index (χ4v) is 2.78. The van der Waals surface area contributed by atoms with Crippen LogP contribution in [0.4, 0.5) is 11.4 Å². The predicted molar refractivity (Wildman–Crippen MR) is 82.8 cm³/mol. The molecule has 0 unspecified atom stereocenters. The third kappa shape index (κ3) is 3.30. The fraction of sp³-hybridized carbons (Fsp3) is 0.467. The Bertz CT molecular complexity index is 697. The van der Waals surface area contributed by atoms with Crippen molar-refractivity contribution < 1.29 is 4.90 Å². The molecule has 7 heteroatoms. The number of aromatic nitrogens is 3. The molecule has 3 rings (SSSR count). The zero-order valence-electron chi connectivity index (χ0n) is 12.7. The average molecular weight is 301 g/mol. The van der Waals surface area contributed by atoms with Crippen molar-refractivity contribution >= 4 is 11.4 Å². The lowest BCUT2D eigenvalue weighted by Gasteiger charge is -2.23. The molecule has 0 aliphatic carbocycles. The van der Waals surface area contributed by atoms with Crippen molar-refractivity contribution in [2.45, 2.75) is 32.9 Å². The van der Waals surface area contributed by atoms with Crippen LogP contribution in [0.5, 0.6) is 0 Å². The first kappa shape index (κ1) is 14.6. The van der Waals surface area contributed by atoms with E-state index >= 15 is 0 Å². The van der Waals surface area contributed by atoms with Gasteiger partial charge in [0.15, 0.2) is 12.4 Å². The highest BCUT2D eigenvalue weighted by atomic mass is 16.1.